The molecule has 4 N–H and O–H groups in total. The summed E-state index contributed by atoms with van der Waals surface area (Å²) in [4.78, 5) is 24.7. The highest BCUT2D eigenvalue weighted by atomic mass is 32.2. The van der Waals surface area contributed by atoms with Gasteiger partial charge in [-0.1, -0.05) is 49.6 Å². The van der Waals surface area contributed by atoms with E-state index in [0.717, 1.165) is 32.1 Å². The minimum absolute atomic E-state index is 0.0263. The monoisotopic (exact) mass is 472 g/mol. The van der Waals surface area contributed by atoms with Crippen LogP contribution in [0.25, 0.3) is 0 Å². The van der Waals surface area contributed by atoms with E-state index in [1.807, 2.05) is 6.07 Å². The first-order valence-corrected chi connectivity index (χ1v) is 12.6. The molecule has 33 heavy (non-hydrogen) atoms. The maximum Gasteiger partial charge on any atom is 0.243 e. The van der Waals surface area contributed by atoms with Gasteiger partial charge in [0.15, 0.2) is 0 Å². The summed E-state index contributed by atoms with van der Waals surface area (Å²) in [5, 5.41) is 5.64. The van der Waals surface area contributed by atoms with Gasteiger partial charge in [0.05, 0.1) is 11.4 Å². The first kappa shape index (κ1) is 24.9. The molecule has 1 atom stereocenters. The van der Waals surface area contributed by atoms with Crippen molar-refractivity contribution in [2.45, 2.75) is 55.5 Å². The Kier molecular flexibility index (Phi) is 7.88. The highest BCUT2D eigenvalue weighted by Crippen LogP contribution is 2.27. The lowest BCUT2D eigenvalue weighted by atomic mass is 9.91. The summed E-state index contributed by atoms with van der Waals surface area (Å²) in [6, 6.07) is 15.1. The van der Waals surface area contributed by atoms with Crippen LogP contribution < -0.4 is 16.4 Å². The molecule has 0 spiro atoms. The van der Waals surface area contributed by atoms with E-state index in [4.69, 9.17) is 5.73 Å². The average Bonchev–Trinajstić information content (AvgIpc) is 2.83. The molecule has 0 saturated heterocycles. The van der Waals surface area contributed by atoms with Crippen LogP contribution in [0.3, 0.4) is 0 Å². The highest BCUT2D eigenvalue weighted by molar-refractivity contribution is 7.89. The van der Waals surface area contributed by atoms with Crippen LogP contribution in [-0.2, 0) is 25.2 Å². The summed E-state index contributed by atoms with van der Waals surface area (Å²) < 4.78 is 27.4. The highest BCUT2D eigenvalue weighted by Gasteiger charge is 2.33. The molecule has 178 valence electrons. The van der Waals surface area contributed by atoms with Crippen molar-refractivity contribution in [2.24, 2.45) is 5.73 Å². The summed E-state index contributed by atoms with van der Waals surface area (Å²) in [5.74, 6) is -0.980. The Labute approximate surface area is 195 Å². The summed E-state index contributed by atoms with van der Waals surface area (Å²) in [7, 11) is -1.96. The van der Waals surface area contributed by atoms with Gasteiger partial charge in [-0.2, -0.15) is 4.31 Å². The van der Waals surface area contributed by atoms with Gasteiger partial charge in [-0.25, -0.2) is 8.42 Å². The lowest BCUT2D eigenvalue weighted by molar-refractivity contribution is -0.124. The van der Waals surface area contributed by atoms with Crippen molar-refractivity contribution in [3.63, 3.8) is 0 Å². The molecule has 1 aliphatic rings. The van der Waals surface area contributed by atoms with Crippen molar-refractivity contribution < 1.29 is 18.0 Å². The molecule has 1 saturated carbocycles. The van der Waals surface area contributed by atoms with Crippen LogP contribution in [0, 0.1) is 0 Å². The fourth-order valence-corrected chi connectivity index (χ4v) is 5.50. The fraction of sp³-hybridized carbons (Fsp3) is 0.417. The van der Waals surface area contributed by atoms with Gasteiger partial charge in [0.25, 0.3) is 0 Å². The average molecular weight is 473 g/mol. The van der Waals surface area contributed by atoms with Gasteiger partial charge in [-0.15, -0.1) is 0 Å². The van der Waals surface area contributed by atoms with E-state index in [9.17, 15) is 18.0 Å². The van der Waals surface area contributed by atoms with E-state index in [2.05, 4.69) is 10.6 Å². The fourth-order valence-electron chi connectivity index (χ4n) is 4.08. The number of sulfonamides is 1. The van der Waals surface area contributed by atoms with Gasteiger partial charge >= 0.3 is 0 Å². The van der Waals surface area contributed by atoms with Crippen LogP contribution in [0.5, 0.6) is 0 Å². The minimum Gasteiger partial charge on any atom is -0.368 e. The van der Waals surface area contributed by atoms with Crippen LogP contribution in [0.1, 0.15) is 44.6 Å². The van der Waals surface area contributed by atoms with E-state index < -0.39 is 21.5 Å². The molecular formula is C24H32N4O4S. The zero-order valence-electron chi connectivity index (χ0n) is 19.1. The van der Waals surface area contributed by atoms with Gasteiger partial charge < -0.3 is 11.1 Å². The number of benzene rings is 2. The maximum absolute atomic E-state index is 13.0. The van der Waals surface area contributed by atoms with Crippen LogP contribution >= 0.6 is 0 Å². The molecule has 9 heteroatoms. The van der Waals surface area contributed by atoms with Crippen molar-refractivity contribution in [3.05, 3.63) is 60.2 Å². The Morgan fingerprint density at radius 1 is 1.03 bits per heavy atom. The first-order chi connectivity index (χ1) is 15.6. The van der Waals surface area contributed by atoms with Gasteiger partial charge in [0.2, 0.25) is 21.8 Å². The molecule has 1 aliphatic carbocycles. The molecule has 8 nitrogen and oxygen atoms in total. The molecule has 0 aliphatic heterocycles. The smallest absolute Gasteiger partial charge is 0.243 e. The molecule has 2 amide bonds. The zero-order chi connectivity index (χ0) is 24.1. The van der Waals surface area contributed by atoms with Crippen LogP contribution in [0.15, 0.2) is 59.5 Å². The van der Waals surface area contributed by atoms with Crippen LogP contribution in [-0.4, -0.2) is 44.2 Å². The summed E-state index contributed by atoms with van der Waals surface area (Å²) in [6.45, 7) is 1.47. The number of primary amides is 1. The number of nitrogens with one attached hydrogen (secondary N) is 2. The van der Waals surface area contributed by atoms with E-state index in [-0.39, 0.29) is 23.4 Å². The lowest BCUT2D eigenvalue weighted by Crippen LogP contribution is -2.52. The number of nitrogens with zero attached hydrogens (tertiary/aromatic N) is 1. The Balaban J connectivity index is 1.62. The molecule has 3 rings (SSSR count). The van der Waals surface area contributed by atoms with Crippen molar-refractivity contribution in [1.82, 2.24) is 9.62 Å². The predicted octanol–water partition coefficient (Wildman–Crippen LogP) is 2.57. The number of hydrogen-bond donors (Lipinski definition) is 3. The minimum atomic E-state index is -3.60. The SMILES string of the molecule is CN(C1CCCCC1)S(=O)(=O)c1ccc(NC(=O)CNC(C)(C(N)=O)c2ccccc2)cc1. The van der Waals surface area contributed by atoms with Gasteiger partial charge in [-0.3, -0.25) is 14.9 Å². The third-order valence-corrected chi connectivity index (χ3v) is 8.27. The molecule has 0 bridgehead atoms. The summed E-state index contributed by atoms with van der Waals surface area (Å²) in [5.41, 5.74) is 5.49. The Hall–Kier alpha value is -2.75. The van der Waals surface area contributed by atoms with Crippen molar-refractivity contribution in [2.75, 3.05) is 18.9 Å². The van der Waals surface area contributed by atoms with Crippen molar-refractivity contribution in [3.8, 4) is 0 Å². The van der Waals surface area contributed by atoms with Crippen molar-refractivity contribution >= 4 is 27.5 Å². The molecule has 0 aromatic heterocycles. The van der Waals surface area contributed by atoms with E-state index >= 15 is 0 Å². The predicted molar refractivity (Wildman–Crippen MR) is 128 cm³/mol. The third-order valence-electron chi connectivity index (χ3n) is 6.35. The standard InChI is InChI=1S/C24H32N4O4S/c1-24(23(25)30,18-9-5-3-6-10-18)26-17-22(29)27-19-13-15-21(16-14-19)33(31,32)28(2)20-11-7-4-8-12-20/h3,5-6,9-10,13-16,20,26H,4,7-8,11-12,17H2,1-2H3,(H2,25,30)(H,27,29). The Morgan fingerprint density at radius 2 is 1.64 bits per heavy atom. The normalized spacial score (nSPS) is 16.8. The Morgan fingerprint density at radius 3 is 2.21 bits per heavy atom. The Bertz CT molecular complexity index is 1070. The maximum atomic E-state index is 13.0. The van der Waals surface area contributed by atoms with E-state index in [1.165, 1.54) is 16.4 Å². The molecule has 0 heterocycles. The number of hydrogen-bond acceptors (Lipinski definition) is 5. The second kappa shape index (κ2) is 10.5. The van der Waals surface area contributed by atoms with Crippen LogP contribution in [0.2, 0.25) is 0 Å². The quantitative estimate of drug-likeness (QED) is 0.518. The molecule has 2 aromatic rings. The van der Waals surface area contributed by atoms with E-state index in [0.29, 0.717) is 11.3 Å². The van der Waals surface area contributed by atoms with Gasteiger partial charge in [-0.05, 0) is 49.6 Å². The number of amides is 2. The molecule has 1 fully saturated rings. The van der Waals surface area contributed by atoms with Crippen molar-refractivity contribution in [1.29, 1.82) is 0 Å². The number of anilines is 1. The van der Waals surface area contributed by atoms with Crippen LogP contribution in [0.4, 0.5) is 5.69 Å². The van der Waals surface area contributed by atoms with E-state index in [1.54, 1.807) is 50.4 Å². The first-order valence-electron chi connectivity index (χ1n) is 11.1. The summed E-state index contributed by atoms with van der Waals surface area (Å²) in [6.07, 6.45) is 5.00. The molecule has 2 aromatic carbocycles. The molecule has 1 unspecified atom stereocenters. The second-order valence-corrected chi connectivity index (χ2v) is 10.6. The topological polar surface area (TPSA) is 122 Å². The summed E-state index contributed by atoms with van der Waals surface area (Å²) >= 11 is 0. The molecular weight excluding hydrogens is 440 g/mol. The van der Waals surface area contributed by atoms with Gasteiger partial charge in [0.1, 0.15) is 5.54 Å². The number of rotatable bonds is 9. The second-order valence-electron chi connectivity index (χ2n) is 8.59. The molecule has 0 radical (unpaired) electrons. The largest absolute Gasteiger partial charge is 0.368 e. The lowest BCUT2D eigenvalue weighted by Gasteiger charge is -2.30. The zero-order valence-corrected chi connectivity index (χ0v) is 19.9. The van der Waals surface area contributed by atoms with Gasteiger partial charge in [0, 0.05) is 18.8 Å². The third kappa shape index (κ3) is 5.79. The number of carbonyl (C=O) groups is 2. The number of carbonyl (C=O) groups excluding carboxylic acids is 2. The number of nitrogens with two attached hydrogens (primary N) is 1.